The average Bonchev–Trinajstić information content (AvgIpc) is 3.43. The van der Waals surface area contributed by atoms with Crippen LogP contribution in [0.15, 0.2) is 41.5 Å². The quantitative estimate of drug-likeness (QED) is 0.542. The minimum atomic E-state index is -0.603. The van der Waals surface area contributed by atoms with E-state index < -0.39 is 17.2 Å². The van der Waals surface area contributed by atoms with Crippen molar-refractivity contribution < 1.29 is 14.3 Å². The lowest BCUT2D eigenvalue weighted by Crippen LogP contribution is -2.35. The van der Waals surface area contributed by atoms with Crippen molar-refractivity contribution in [2.45, 2.75) is 44.8 Å². The molecule has 0 saturated heterocycles. The number of nitrogens with zero attached hydrogens (tertiary/aromatic N) is 2. The van der Waals surface area contributed by atoms with Crippen molar-refractivity contribution in [2.24, 2.45) is 10.9 Å². The number of ether oxygens (including phenoxy) is 1. The van der Waals surface area contributed by atoms with Gasteiger partial charge in [-0.15, -0.1) is 0 Å². The maximum atomic E-state index is 12.6. The number of aromatic nitrogens is 1. The van der Waals surface area contributed by atoms with Gasteiger partial charge in [0.2, 0.25) is 0 Å². The molecular formula is C23H24Cl2N4O3S. The summed E-state index contributed by atoms with van der Waals surface area (Å²) in [7, 11) is 0. The highest BCUT2D eigenvalue weighted by Gasteiger charge is 2.57. The van der Waals surface area contributed by atoms with Gasteiger partial charge in [0.1, 0.15) is 11.3 Å². The molecule has 1 saturated carbocycles. The van der Waals surface area contributed by atoms with E-state index in [1.165, 1.54) is 18.0 Å². The van der Waals surface area contributed by atoms with Crippen LogP contribution in [-0.2, 0) is 10.3 Å². The number of amidine groups is 1. The van der Waals surface area contributed by atoms with E-state index >= 15 is 0 Å². The Morgan fingerprint density at radius 1 is 1.18 bits per heavy atom. The molecule has 1 fully saturated rings. The number of anilines is 1. The average molecular weight is 507 g/mol. The summed E-state index contributed by atoms with van der Waals surface area (Å²) in [6.45, 7) is 5.43. The molecule has 0 unspecified atom stereocenters. The second-order valence-corrected chi connectivity index (χ2v) is 10.9. The van der Waals surface area contributed by atoms with Crippen LogP contribution in [0.4, 0.5) is 10.5 Å². The van der Waals surface area contributed by atoms with Crippen LogP contribution >= 0.6 is 35.0 Å². The number of amides is 2. The summed E-state index contributed by atoms with van der Waals surface area (Å²) >= 11 is 13.9. The number of fused-ring (bicyclic) bond motifs is 1. The molecule has 0 bridgehead atoms. The Morgan fingerprint density at radius 2 is 1.97 bits per heavy atom. The van der Waals surface area contributed by atoms with Crippen LogP contribution in [0, 0.1) is 5.92 Å². The van der Waals surface area contributed by atoms with Crippen molar-refractivity contribution in [3.63, 3.8) is 0 Å². The summed E-state index contributed by atoms with van der Waals surface area (Å²) in [6, 6.07) is 8.51. The summed E-state index contributed by atoms with van der Waals surface area (Å²) < 4.78 is 5.37. The Bertz CT molecular complexity index is 1120. The standard InChI is InChI=1S/C23H24Cl2N4O3S/c1-22(2,3)32-21(31)28-20-29-23(11-13(23)8-9-33-20)16-10-15(5-6-17(16)25)27-19(30)18-7-4-14(24)12-26-18/h4-7,10,12-13H,8-9,11H2,1-3H3,(H,27,30)(H,28,29,31)/t13-,23+/m1/s1. The highest BCUT2D eigenvalue weighted by atomic mass is 35.5. The molecule has 2 amide bonds. The summed E-state index contributed by atoms with van der Waals surface area (Å²) in [5.74, 6) is 0.790. The number of aliphatic imine (C=N–C) groups is 1. The first kappa shape index (κ1) is 23.9. The van der Waals surface area contributed by atoms with Gasteiger partial charge in [-0.1, -0.05) is 35.0 Å². The largest absolute Gasteiger partial charge is 0.444 e. The molecule has 2 atom stereocenters. The summed E-state index contributed by atoms with van der Waals surface area (Å²) in [6.07, 6.45) is 2.65. The number of nitrogens with one attached hydrogen (secondary N) is 2. The van der Waals surface area contributed by atoms with E-state index in [1.807, 2.05) is 26.8 Å². The van der Waals surface area contributed by atoms with Gasteiger partial charge in [-0.25, -0.2) is 9.78 Å². The number of halogens is 2. The van der Waals surface area contributed by atoms with Gasteiger partial charge in [-0.05, 0) is 69.9 Å². The fraction of sp³-hybridized carbons (Fsp3) is 0.391. The highest BCUT2D eigenvalue weighted by molar-refractivity contribution is 8.13. The van der Waals surface area contributed by atoms with E-state index in [4.69, 9.17) is 32.9 Å². The molecule has 4 rings (SSSR count). The van der Waals surface area contributed by atoms with E-state index in [1.54, 1.807) is 24.3 Å². The number of thioether (sulfide) groups is 1. The van der Waals surface area contributed by atoms with Crippen molar-refractivity contribution in [2.75, 3.05) is 11.1 Å². The minimum absolute atomic E-state index is 0.256. The maximum absolute atomic E-state index is 12.6. The van der Waals surface area contributed by atoms with Gasteiger partial charge < -0.3 is 10.1 Å². The van der Waals surface area contributed by atoms with Gasteiger partial charge in [-0.2, -0.15) is 0 Å². The molecular weight excluding hydrogens is 483 g/mol. The number of alkyl carbamates (subject to hydrolysis) is 1. The Hall–Kier alpha value is -2.29. The predicted molar refractivity (Wildman–Crippen MR) is 132 cm³/mol. The number of rotatable bonds is 3. The number of hydrogen-bond acceptors (Lipinski definition) is 6. The van der Waals surface area contributed by atoms with Gasteiger partial charge in [0.05, 0.1) is 10.6 Å². The second kappa shape index (κ2) is 9.16. The third kappa shape index (κ3) is 5.62. The van der Waals surface area contributed by atoms with E-state index in [0.717, 1.165) is 24.2 Å². The molecule has 33 heavy (non-hydrogen) atoms. The summed E-state index contributed by atoms with van der Waals surface area (Å²) in [5, 5.41) is 7.17. The Morgan fingerprint density at radius 3 is 2.67 bits per heavy atom. The molecule has 1 aliphatic carbocycles. The van der Waals surface area contributed by atoms with Crippen LogP contribution in [0.1, 0.15) is 49.7 Å². The van der Waals surface area contributed by atoms with Crippen LogP contribution in [0.3, 0.4) is 0 Å². The van der Waals surface area contributed by atoms with Crippen LogP contribution in [-0.4, -0.2) is 33.5 Å². The number of carbonyl (C=O) groups is 2. The molecule has 10 heteroatoms. The smallest absolute Gasteiger partial charge is 0.413 e. The number of pyridine rings is 1. The second-order valence-electron chi connectivity index (χ2n) is 9.02. The lowest BCUT2D eigenvalue weighted by atomic mass is 10.0. The van der Waals surface area contributed by atoms with Crippen molar-refractivity contribution in [1.82, 2.24) is 10.3 Å². The molecule has 0 spiro atoms. The first-order valence-electron chi connectivity index (χ1n) is 10.5. The van der Waals surface area contributed by atoms with E-state index in [9.17, 15) is 9.59 Å². The number of carbonyl (C=O) groups excluding carboxylic acids is 2. The molecule has 174 valence electrons. The Kier molecular flexibility index (Phi) is 6.62. The first-order valence-corrected chi connectivity index (χ1v) is 12.3. The van der Waals surface area contributed by atoms with Gasteiger partial charge in [0, 0.05) is 28.2 Å². The Labute approximate surface area is 206 Å². The molecule has 2 N–H and O–H groups in total. The van der Waals surface area contributed by atoms with Crippen molar-refractivity contribution in [3.8, 4) is 0 Å². The zero-order valence-electron chi connectivity index (χ0n) is 18.4. The zero-order valence-corrected chi connectivity index (χ0v) is 20.8. The molecule has 1 aromatic carbocycles. The van der Waals surface area contributed by atoms with Crippen LogP contribution in [0.25, 0.3) is 0 Å². The van der Waals surface area contributed by atoms with Crippen molar-refractivity contribution in [3.05, 3.63) is 57.8 Å². The normalized spacial score (nSPS) is 21.8. The number of hydrogen-bond donors (Lipinski definition) is 2. The van der Waals surface area contributed by atoms with Gasteiger partial charge in [-0.3, -0.25) is 15.1 Å². The monoisotopic (exact) mass is 506 g/mol. The first-order chi connectivity index (χ1) is 15.6. The van der Waals surface area contributed by atoms with Crippen LogP contribution in [0.5, 0.6) is 0 Å². The van der Waals surface area contributed by atoms with Crippen LogP contribution in [0.2, 0.25) is 10.0 Å². The topological polar surface area (TPSA) is 92.7 Å². The molecule has 2 aliphatic rings. The highest BCUT2D eigenvalue weighted by Crippen LogP contribution is 2.60. The van der Waals surface area contributed by atoms with E-state index in [-0.39, 0.29) is 11.6 Å². The van der Waals surface area contributed by atoms with Gasteiger partial charge >= 0.3 is 6.09 Å². The van der Waals surface area contributed by atoms with E-state index in [2.05, 4.69) is 15.6 Å². The molecule has 1 aromatic heterocycles. The van der Waals surface area contributed by atoms with E-state index in [0.29, 0.717) is 26.8 Å². The zero-order chi connectivity index (χ0) is 23.8. The summed E-state index contributed by atoms with van der Waals surface area (Å²) in [4.78, 5) is 33.8. The van der Waals surface area contributed by atoms with Gasteiger partial charge in [0.25, 0.3) is 5.91 Å². The fourth-order valence-electron chi connectivity index (χ4n) is 3.79. The van der Waals surface area contributed by atoms with Crippen molar-refractivity contribution >= 4 is 57.8 Å². The number of benzene rings is 1. The lowest BCUT2D eigenvalue weighted by Gasteiger charge is -2.21. The lowest BCUT2D eigenvalue weighted by molar-refractivity contribution is 0.0564. The molecule has 0 radical (unpaired) electrons. The molecule has 1 aliphatic heterocycles. The molecule has 7 nitrogen and oxygen atoms in total. The minimum Gasteiger partial charge on any atom is -0.444 e. The predicted octanol–water partition coefficient (Wildman–Crippen LogP) is 5.87. The molecule has 2 aromatic rings. The molecule has 2 heterocycles. The Balaban J connectivity index is 1.57. The maximum Gasteiger partial charge on any atom is 0.413 e. The third-order valence-electron chi connectivity index (χ3n) is 5.34. The fourth-order valence-corrected chi connectivity index (χ4v) is 5.16. The summed E-state index contributed by atoms with van der Waals surface area (Å²) in [5.41, 5.74) is 0.525. The van der Waals surface area contributed by atoms with Crippen LogP contribution < -0.4 is 10.6 Å². The SMILES string of the molecule is CC(C)(C)OC(=O)NC1=N[C@@]2(c3cc(NC(=O)c4ccc(Cl)cn4)ccc3Cl)C[C@H]2CCS1. The third-order valence-corrected chi connectivity index (χ3v) is 6.80. The van der Waals surface area contributed by atoms with Crippen molar-refractivity contribution in [1.29, 1.82) is 0 Å². The van der Waals surface area contributed by atoms with Gasteiger partial charge in [0.15, 0.2) is 5.17 Å².